The fraction of sp³-hybridized carbons (Fsp3) is 0.400. The molecule has 0 amide bonds. The topological polar surface area (TPSA) is 35.5 Å². The van der Waals surface area contributed by atoms with E-state index in [0.29, 0.717) is 12.2 Å². The maximum atomic E-state index is 12.3. The predicted octanol–water partition coefficient (Wildman–Crippen LogP) is 3.68. The van der Waals surface area contributed by atoms with Crippen molar-refractivity contribution in [3.8, 4) is 11.5 Å². The van der Waals surface area contributed by atoms with Crippen LogP contribution in [0.15, 0.2) is 24.3 Å². The van der Waals surface area contributed by atoms with Gasteiger partial charge in [-0.25, -0.2) is 0 Å². The van der Waals surface area contributed by atoms with Gasteiger partial charge in [-0.15, -0.1) is 0 Å². The summed E-state index contributed by atoms with van der Waals surface area (Å²) in [4.78, 5) is 11.6. The normalized spacial score (nSPS) is 14.8. The third kappa shape index (κ3) is 4.05. The highest BCUT2D eigenvalue weighted by Gasteiger charge is 2.27. The molecule has 0 saturated heterocycles. The van der Waals surface area contributed by atoms with E-state index in [-0.39, 0.29) is 23.2 Å². The van der Waals surface area contributed by atoms with Gasteiger partial charge in [0.05, 0.1) is 6.61 Å². The van der Waals surface area contributed by atoms with Crippen LogP contribution >= 0.6 is 0 Å². The lowest BCUT2D eigenvalue weighted by Crippen LogP contribution is -2.04. The van der Waals surface area contributed by atoms with Gasteiger partial charge in [0.2, 0.25) is 0 Å². The van der Waals surface area contributed by atoms with Gasteiger partial charge in [-0.3, -0.25) is 4.79 Å². The Balaban J connectivity index is 2.13. The van der Waals surface area contributed by atoms with Gasteiger partial charge >= 0.3 is 6.61 Å². The zero-order valence-corrected chi connectivity index (χ0v) is 11.1. The van der Waals surface area contributed by atoms with E-state index < -0.39 is 6.61 Å². The Morgan fingerprint density at radius 1 is 1.40 bits per heavy atom. The number of alkyl halides is 2. The third-order valence-electron chi connectivity index (χ3n) is 2.90. The Morgan fingerprint density at radius 2 is 2.15 bits per heavy atom. The van der Waals surface area contributed by atoms with E-state index in [1.54, 1.807) is 25.1 Å². The van der Waals surface area contributed by atoms with Crippen LogP contribution in [0.2, 0.25) is 0 Å². The number of benzene rings is 1. The van der Waals surface area contributed by atoms with Crippen LogP contribution in [-0.4, -0.2) is 19.0 Å². The standard InChI is InChI=1S/C15H16F2O3/c1-2-19-14-9-10(3-7-12(18)11-5-6-11)4-8-13(14)20-15(16)17/h3-4,7-9,11,15H,2,5-6H2,1H3/b7-3+. The number of ether oxygens (including phenoxy) is 2. The summed E-state index contributed by atoms with van der Waals surface area (Å²) in [7, 11) is 0. The molecule has 1 fully saturated rings. The van der Waals surface area contributed by atoms with Crippen LogP contribution in [0.4, 0.5) is 8.78 Å². The van der Waals surface area contributed by atoms with Gasteiger partial charge in [-0.1, -0.05) is 12.1 Å². The SMILES string of the molecule is CCOc1cc(/C=C/C(=O)C2CC2)ccc1OC(F)F. The predicted molar refractivity (Wildman–Crippen MR) is 71.0 cm³/mol. The second-order valence-electron chi connectivity index (χ2n) is 4.53. The summed E-state index contributed by atoms with van der Waals surface area (Å²) in [5.74, 6) is 0.510. The highest BCUT2D eigenvalue weighted by molar-refractivity contribution is 5.96. The fourth-order valence-electron chi connectivity index (χ4n) is 1.77. The van der Waals surface area contributed by atoms with Crippen LogP contribution in [0.1, 0.15) is 25.3 Å². The van der Waals surface area contributed by atoms with Crippen LogP contribution in [0, 0.1) is 5.92 Å². The lowest BCUT2D eigenvalue weighted by atomic mass is 10.1. The molecule has 0 atom stereocenters. The van der Waals surface area contributed by atoms with Crippen molar-refractivity contribution < 1.29 is 23.0 Å². The Kier molecular flexibility index (Phi) is 4.71. The highest BCUT2D eigenvalue weighted by atomic mass is 19.3. The van der Waals surface area contributed by atoms with E-state index in [2.05, 4.69) is 4.74 Å². The molecule has 0 N–H and O–H groups in total. The summed E-state index contributed by atoms with van der Waals surface area (Å²) in [5, 5.41) is 0. The summed E-state index contributed by atoms with van der Waals surface area (Å²) in [6.07, 6.45) is 5.09. The monoisotopic (exact) mass is 282 g/mol. The van der Waals surface area contributed by atoms with E-state index >= 15 is 0 Å². The Bertz CT molecular complexity index is 508. The number of carbonyl (C=O) groups is 1. The Hall–Kier alpha value is -1.91. The van der Waals surface area contributed by atoms with E-state index in [1.807, 2.05) is 0 Å². The molecule has 5 heteroatoms. The molecular weight excluding hydrogens is 266 g/mol. The van der Waals surface area contributed by atoms with Crippen molar-refractivity contribution in [2.45, 2.75) is 26.4 Å². The Morgan fingerprint density at radius 3 is 2.75 bits per heavy atom. The van der Waals surface area contributed by atoms with Crippen LogP contribution in [0.25, 0.3) is 6.08 Å². The minimum absolute atomic E-state index is 0.00693. The molecule has 1 aliphatic carbocycles. The van der Waals surface area contributed by atoms with Gasteiger partial charge in [0.1, 0.15) is 0 Å². The van der Waals surface area contributed by atoms with Gasteiger partial charge in [0, 0.05) is 5.92 Å². The lowest BCUT2D eigenvalue weighted by Gasteiger charge is -2.11. The van der Waals surface area contributed by atoms with Gasteiger partial charge in [-0.05, 0) is 43.5 Å². The molecule has 0 aromatic heterocycles. The van der Waals surface area contributed by atoms with Crippen molar-refractivity contribution in [3.05, 3.63) is 29.8 Å². The molecule has 0 radical (unpaired) electrons. The van der Waals surface area contributed by atoms with E-state index in [4.69, 9.17) is 4.74 Å². The molecule has 0 heterocycles. The maximum Gasteiger partial charge on any atom is 0.387 e. The summed E-state index contributed by atoms with van der Waals surface area (Å²) in [6, 6.07) is 4.60. The zero-order valence-electron chi connectivity index (χ0n) is 11.1. The summed E-state index contributed by atoms with van der Waals surface area (Å²) in [6.45, 7) is -0.800. The minimum Gasteiger partial charge on any atom is -0.490 e. The molecule has 0 bridgehead atoms. The lowest BCUT2D eigenvalue weighted by molar-refractivity contribution is -0.115. The number of rotatable bonds is 7. The van der Waals surface area contributed by atoms with Gasteiger partial charge in [0.25, 0.3) is 0 Å². The molecule has 108 valence electrons. The summed E-state index contributed by atoms with van der Waals surface area (Å²) < 4.78 is 34.2. The first-order valence-corrected chi connectivity index (χ1v) is 6.53. The van der Waals surface area contributed by atoms with E-state index in [0.717, 1.165) is 12.8 Å². The number of halogens is 2. The van der Waals surface area contributed by atoms with Crippen molar-refractivity contribution in [3.63, 3.8) is 0 Å². The number of carbonyl (C=O) groups excluding carboxylic acids is 1. The molecule has 0 aliphatic heterocycles. The largest absolute Gasteiger partial charge is 0.490 e. The molecule has 0 unspecified atom stereocenters. The maximum absolute atomic E-state index is 12.3. The average molecular weight is 282 g/mol. The molecule has 1 aromatic rings. The molecule has 1 aromatic carbocycles. The average Bonchev–Trinajstić information content (AvgIpc) is 3.22. The van der Waals surface area contributed by atoms with Crippen molar-refractivity contribution in [1.82, 2.24) is 0 Å². The van der Waals surface area contributed by atoms with Crippen molar-refractivity contribution in [2.75, 3.05) is 6.61 Å². The van der Waals surface area contributed by atoms with Gasteiger partial charge in [0.15, 0.2) is 17.3 Å². The molecule has 0 spiro atoms. The van der Waals surface area contributed by atoms with Crippen molar-refractivity contribution in [1.29, 1.82) is 0 Å². The number of allylic oxidation sites excluding steroid dienone is 1. The summed E-state index contributed by atoms with van der Waals surface area (Å²) >= 11 is 0. The number of ketones is 1. The third-order valence-corrected chi connectivity index (χ3v) is 2.90. The molecule has 20 heavy (non-hydrogen) atoms. The first kappa shape index (κ1) is 14.5. The van der Waals surface area contributed by atoms with E-state index in [9.17, 15) is 13.6 Å². The minimum atomic E-state index is -2.90. The first-order valence-electron chi connectivity index (χ1n) is 6.53. The van der Waals surface area contributed by atoms with Crippen LogP contribution in [-0.2, 0) is 4.79 Å². The smallest absolute Gasteiger partial charge is 0.387 e. The van der Waals surface area contributed by atoms with E-state index in [1.165, 1.54) is 12.1 Å². The van der Waals surface area contributed by atoms with Crippen LogP contribution in [0.5, 0.6) is 11.5 Å². The molecule has 3 nitrogen and oxygen atoms in total. The second-order valence-corrected chi connectivity index (χ2v) is 4.53. The molecule has 1 saturated carbocycles. The Labute approximate surface area is 116 Å². The van der Waals surface area contributed by atoms with Gasteiger partial charge in [-0.2, -0.15) is 8.78 Å². The molecule has 2 rings (SSSR count). The summed E-state index contributed by atoms with van der Waals surface area (Å²) in [5.41, 5.74) is 0.712. The fourth-order valence-corrected chi connectivity index (χ4v) is 1.77. The van der Waals surface area contributed by atoms with Crippen LogP contribution < -0.4 is 9.47 Å². The molecule has 1 aliphatic rings. The second kappa shape index (κ2) is 6.50. The quantitative estimate of drug-likeness (QED) is 0.716. The van der Waals surface area contributed by atoms with Crippen LogP contribution in [0.3, 0.4) is 0 Å². The highest BCUT2D eigenvalue weighted by Crippen LogP contribution is 2.32. The van der Waals surface area contributed by atoms with Crippen molar-refractivity contribution >= 4 is 11.9 Å². The molecular formula is C15H16F2O3. The van der Waals surface area contributed by atoms with Crippen molar-refractivity contribution in [2.24, 2.45) is 5.92 Å². The number of hydrogen-bond donors (Lipinski definition) is 0. The number of hydrogen-bond acceptors (Lipinski definition) is 3. The van der Waals surface area contributed by atoms with Gasteiger partial charge < -0.3 is 9.47 Å². The zero-order chi connectivity index (χ0) is 14.5. The first-order chi connectivity index (χ1) is 9.60.